The average molecular weight is 371 g/mol. The molecule has 0 spiro atoms. The third-order valence-electron chi connectivity index (χ3n) is 2.71. The van der Waals surface area contributed by atoms with Gasteiger partial charge in [0, 0.05) is 10.0 Å². The Bertz CT molecular complexity index is 765. The number of carbonyl (C=O) groups is 3. The first kappa shape index (κ1) is 17.6. The third-order valence-corrected chi connectivity index (χ3v) is 3.18. The van der Waals surface area contributed by atoms with Crippen molar-refractivity contribution in [2.75, 3.05) is 0 Å². The number of benzene rings is 2. The van der Waals surface area contributed by atoms with Crippen molar-refractivity contribution in [2.24, 2.45) is 0 Å². The molecule has 0 saturated heterocycles. The van der Waals surface area contributed by atoms with E-state index in [0.29, 0.717) is 0 Å². The average Bonchev–Trinajstić information content (AvgIpc) is 2.46. The summed E-state index contributed by atoms with van der Waals surface area (Å²) in [5, 5.41) is 19.4. The number of phenols is 2. The van der Waals surface area contributed by atoms with E-state index in [4.69, 9.17) is 23.2 Å². The molecule has 0 aromatic heterocycles. The summed E-state index contributed by atoms with van der Waals surface area (Å²) in [6.45, 7) is 0. The van der Waals surface area contributed by atoms with Crippen molar-refractivity contribution in [3.63, 3.8) is 0 Å². The van der Waals surface area contributed by atoms with Crippen molar-refractivity contribution >= 4 is 41.3 Å². The highest BCUT2D eigenvalue weighted by atomic mass is 35.5. The van der Waals surface area contributed by atoms with Crippen LogP contribution in [0.3, 0.4) is 0 Å². The molecule has 0 fully saturated rings. The van der Waals surface area contributed by atoms with Crippen LogP contribution in [0.15, 0.2) is 36.4 Å². The molecular weight excluding hydrogens is 363 g/mol. The lowest BCUT2D eigenvalue weighted by atomic mass is 10.2. The summed E-state index contributed by atoms with van der Waals surface area (Å²) in [6.07, 6.45) is -1.63. The Hall–Kier alpha value is -2.77. The maximum absolute atomic E-state index is 11.7. The van der Waals surface area contributed by atoms with Crippen LogP contribution in [0.1, 0.15) is 20.7 Å². The quantitative estimate of drug-likeness (QED) is 0.614. The van der Waals surface area contributed by atoms with Crippen LogP contribution in [0.4, 0.5) is 4.79 Å². The molecular formula is C15H8Cl2O7. The van der Waals surface area contributed by atoms with Gasteiger partial charge < -0.3 is 19.7 Å². The number of hydrogen-bond acceptors (Lipinski definition) is 7. The Kier molecular flexibility index (Phi) is 5.28. The van der Waals surface area contributed by atoms with Gasteiger partial charge in [-0.2, -0.15) is 0 Å². The van der Waals surface area contributed by atoms with E-state index in [1.807, 2.05) is 0 Å². The lowest BCUT2D eigenvalue weighted by Crippen LogP contribution is -2.18. The fourth-order valence-corrected chi connectivity index (χ4v) is 1.97. The second kappa shape index (κ2) is 7.20. The van der Waals surface area contributed by atoms with Crippen LogP contribution in [0.2, 0.25) is 10.0 Å². The number of phenolic OH excluding ortho intramolecular Hbond substituents is 2. The van der Waals surface area contributed by atoms with Crippen LogP contribution < -0.4 is 0 Å². The summed E-state index contributed by atoms with van der Waals surface area (Å²) < 4.78 is 8.56. The fraction of sp³-hybridized carbons (Fsp3) is 0. The first-order chi connectivity index (χ1) is 11.3. The van der Waals surface area contributed by atoms with Gasteiger partial charge in [0.25, 0.3) is 0 Å². The molecule has 9 heteroatoms. The van der Waals surface area contributed by atoms with E-state index in [0.717, 1.165) is 24.3 Å². The summed E-state index contributed by atoms with van der Waals surface area (Å²) in [4.78, 5) is 34.9. The van der Waals surface area contributed by atoms with Gasteiger partial charge in [0.05, 0.1) is 0 Å². The Labute approximate surface area is 144 Å². The Balaban J connectivity index is 2.04. The molecule has 7 nitrogen and oxygen atoms in total. The van der Waals surface area contributed by atoms with Crippen LogP contribution in [0.5, 0.6) is 11.5 Å². The first-order valence-electron chi connectivity index (χ1n) is 6.23. The Morgan fingerprint density at radius 3 is 1.46 bits per heavy atom. The molecule has 2 rings (SSSR count). The van der Waals surface area contributed by atoms with Crippen molar-refractivity contribution in [1.82, 2.24) is 0 Å². The molecule has 124 valence electrons. The number of aromatic hydroxyl groups is 2. The fourth-order valence-electron chi connectivity index (χ4n) is 1.64. The highest BCUT2D eigenvalue weighted by Gasteiger charge is 2.22. The predicted molar refractivity (Wildman–Crippen MR) is 82.5 cm³/mol. The lowest BCUT2D eigenvalue weighted by Gasteiger charge is -2.06. The second-order valence-electron chi connectivity index (χ2n) is 4.35. The summed E-state index contributed by atoms with van der Waals surface area (Å²) >= 11 is 11.2. The molecule has 0 radical (unpaired) electrons. The molecule has 0 aliphatic rings. The minimum Gasteiger partial charge on any atom is -0.507 e. The van der Waals surface area contributed by atoms with Gasteiger partial charge >= 0.3 is 18.1 Å². The van der Waals surface area contributed by atoms with Crippen LogP contribution in [-0.4, -0.2) is 28.3 Å². The predicted octanol–water partition coefficient (Wildman–Crippen LogP) is 3.54. The van der Waals surface area contributed by atoms with E-state index in [2.05, 4.69) is 9.47 Å². The Morgan fingerprint density at radius 1 is 0.750 bits per heavy atom. The molecule has 0 aliphatic carbocycles. The highest BCUT2D eigenvalue weighted by Crippen LogP contribution is 2.24. The zero-order valence-corrected chi connectivity index (χ0v) is 13.2. The number of rotatable bonds is 2. The molecule has 2 N–H and O–H groups in total. The molecule has 0 bridgehead atoms. The minimum absolute atomic E-state index is 0.167. The first-order valence-corrected chi connectivity index (χ1v) is 6.99. The van der Waals surface area contributed by atoms with E-state index in [1.54, 1.807) is 0 Å². The van der Waals surface area contributed by atoms with Gasteiger partial charge in [0.15, 0.2) is 0 Å². The molecule has 24 heavy (non-hydrogen) atoms. The standard InChI is InChI=1S/C15H8Cl2O7/c16-7-1-3-9(11(18)5-7)13(20)23-15(22)24-14(21)10-4-2-8(17)6-12(10)19/h1-6,18-19H. The summed E-state index contributed by atoms with van der Waals surface area (Å²) in [5.74, 6) is -3.52. The van der Waals surface area contributed by atoms with Crippen molar-refractivity contribution < 1.29 is 34.1 Å². The van der Waals surface area contributed by atoms with E-state index >= 15 is 0 Å². The van der Waals surface area contributed by atoms with Gasteiger partial charge in [-0.05, 0) is 36.4 Å². The second-order valence-corrected chi connectivity index (χ2v) is 5.22. The number of esters is 2. The lowest BCUT2D eigenvalue weighted by molar-refractivity contribution is 0.0335. The van der Waals surface area contributed by atoms with Crippen LogP contribution in [-0.2, 0) is 9.47 Å². The van der Waals surface area contributed by atoms with E-state index in [1.165, 1.54) is 12.1 Å². The van der Waals surface area contributed by atoms with Gasteiger partial charge in [0.2, 0.25) is 0 Å². The number of halogens is 2. The maximum atomic E-state index is 11.7. The zero-order valence-electron chi connectivity index (χ0n) is 11.7. The molecule has 0 heterocycles. The molecule has 2 aromatic carbocycles. The van der Waals surface area contributed by atoms with Crippen molar-refractivity contribution in [1.29, 1.82) is 0 Å². The third kappa shape index (κ3) is 4.15. The van der Waals surface area contributed by atoms with Crippen LogP contribution in [0.25, 0.3) is 0 Å². The van der Waals surface area contributed by atoms with Gasteiger partial charge in [-0.25, -0.2) is 14.4 Å². The number of carbonyl (C=O) groups excluding carboxylic acids is 3. The largest absolute Gasteiger partial charge is 0.524 e. The molecule has 0 saturated carbocycles. The van der Waals surface area contributed by atoms with Crippen LogP contribution >= 0.6 is 23.2 Å². The normalized spacial score (nSPS) is 10.1. The summed E-state index contributed by atoms with van der Waals surface area (Å²) in [7, 11) is 0. The zero-order chi connectivity index (χ0) is 17.9. The number of hydrogen-bond donors (Lipinski definition) is 2. The van der Waals surface area contributed by atoms with Crippen LogP contribution in [0, 0.1) is 0 Å². The molecule has 2 aromatic rings. The highest BCUT2D eigenvalue weighted by molar-refractivity contribution is 6.31. The molecule has 0 aliphatic heterocycles. The van der Waals surface area contributed by atoms with E-state index in [9.17, 15) is 24.6 Å². The van der Waals surface area contributed by atoms with E-state index in [-0.39, 0.29) is 21.2 Å². The van der Waals surface area contributed by atoms with Gasteiger partial charge in [0.1, 0.15) is 22.6 Å². The molecule has 0 unspecified atom stereocenters. The smallest absolute Gasteiger partial charge is 0.507 e. The SMILES string of the molecule is O=C(OC(=O)c1ccc(Cl)cc1O)OC(=O)c1ccc(Cl)cc1O. The van der Waals surface area contributed by atoms with Crippen molar-refractivity contribution in [3.05, 3.63) is 57.6 Å². The van der Waals surface area contributed by atoms with Gasteiger partial charge in [-0.1, -0.05) is 23.2 Å². The monoisotopic (exact) mass is 370 g/mol. The number of ether oxygens (including phenoxy) is 2. The van der Waals surface area contributed by atoms with Crippen molar-refractivity contribution in [3.8, 4) is 11.5 Å². The van der Waals surface area contributed by atoms with Crippen molar-refractivity contribution in [2.45, 2.75) is 0 Å². The summed E-state index contributed by atoms with van der Waals surface area (Å²) in [5.41, 5.74) is -0.698. The van der Waals surface area contributed by atoms with E-state index < -0.39 is 29.6 Å². The maximum Gasteiger partial charge on any atom is 0.524 e. The Morgan fingerprint density at radius 2 is 1.12 bits per heavy atom. The topological polar surface area (TPSA) is 110 Å². The minimum atomic E-state index is -1.63. The molecule has 0 amide bonds. The van der Waals surface area contributed by atoms with Gasteiger partial charge in [-0.15, -0.1) is 0 Å². The van der Waals surface area contributed by atoms with Gasteiger partial charge in [-0.3, -0.25) is 0 Å². The summed E-state index contributed by atoms with van der Waals surface area (Å²) in [6, 6.07) is 6.97. The molecule has 0 atom stereocenters.